The Morgan fingerprint density at radius 3 is 2.36 bits per heavy atom. The smallest absolute Gasteiger partial charge is 0.341 e. The Balaban J connectivity index is 1.64. The first kappa shape index (κ1) is 23.0. The molecule has 0 bridgehead atoms. The highest BCUT2D eigenvalue weighted by atomic mass is 32.2. The van der Waals surface area contributed by atoms with Crippen molar-refractivity contribution < 1.29 is 23.1 Å². The van der Waals surface area contributed by atoms with Crippen LogP contribution in [0.15, 0.2) is 77.7 Å². The Kier molecular flexibility index (Phi) is 6.81. The number of hydrogen-bond donors (Lipinski definition) is 1. The normalized spacial score (nSPS) is 16.1. The van der Waals surface area contributed by atoms with Gasteiger partial charge in [-0.25, -0.2) is 13.2 Å². The van der Waals surface area contributed by atoms with E-state index in [-0.39, 0.29) is 10.9 Å². The maximum absolute atomic E-state index is 13.5. The van der Waals surface area contributed by atoms with E-state index >= 15 is 0 Å². The van der Waals surface area contributed by atoms with Crippen molar-refractivity contribution in [2.45, 2.75) is 36.6 Å². The predicted molar refractivity (Wildman–Crippen MR) is 127 cm³/mol. The molecule has 7 heteroatoms. The second kappa shape index (κ2) is 9.77. The Morgan fingerprint density at radius 1 is 0.970 bits per heavy atom. The van der Waals surface area contributed by atoms with Crippen LogP contribution in [0.25, 0.3) is 11.1 Å². The summed E-state index contributed by atoms with van der Waals surface area (Å²) in [7, 11) is -2.12. The summed E-state index contributed by atoms with van der Waals surface area (Å²) in [6, 6.07) is 21.9. The lowest BCUT2D eigenvalue weighted by molar-refractivity contribution is -0.139. The van der Waals surface area contributed by atoms with Gasteiger partial charge >= 0.3 is 5.97 Å². The maximum atomic E-state index is 13.5. The molecular weight excluding hydrogens is 438 g/mol. The first-order valence-corrected chi connectivity index (χ1v) is 12.4. The van der Waals surface area contributed by atoms with Gasteiger partial charge in [-0.15, -0.1) is 0 Å². The summed E-state index contributed by atoms with van der Waals surface area (Å²) in [4.78, 5) is 11.2. The van der Waals surface area contributed by atoms with Crippen LogP contribution in [0, 0.1) is 0 Å². The van der Waals surface area contributed by atoms with Crippen molar-refractivity contribution in [1.29, 1.82) is 0 Å². The summed E-state index contributed by atoms with van der Waals surface area (Å²) in [6.07, 6.45) is 3.16. The molecule has 0 saturated carbocycles. The van der Waals surface area contributed by atoms with Crippen molar-refractivity contribution >= 4 is 16.0 Å². The standard InChI is InChI=1S/C26H27NO5S/c1-27(33(30,31)21-16-14-20(15-17-21)19-8-3-2-4-9-19)24-12-6-5-10-23-22(24)11-7-13-25(23)32-18-26(28)29/h2-4,7-9,11,13-17,24H,5-6,10,12,18H2,1H3,(H,28,29). The summed E-state index contributed by atoms with van der Waals surface area (Å²) in [6.45, 7) is -0.428. The lowest BCUT2D eigenvalue weighted by Crippen LogP contribution is -2.31. The number of rotatable bonds is 7. The van der Waals surface area contributed by atoms with Crippen molar-refractivity contribution in [1.82, 2.24) is 4.31 Å². The van der Waals surface area contributed by atoms with Crippen LogP contribution < -0.4 is 4.74 Å². The van der Waals surface area contributed by atoms with Gasteiger partial charge in [0.1, 0.15) is 5.75 Å². The van der Waals surface area contributed by atoms with Gasteiger partial charge in [0.15, 0.2) is 6.61 Å². The molecular formula is C26H27NO5S. The van der Waals surface area contributed by atoms with Gasteiger partial charge in [0.2, 0.25) is 10.0 Å². The van der Waals surface area contributed by atoms with Crippen LogP contribution in [0.3, 0.4) is 0 Å². The maximum Gasteiger partial charge on any atom is 0.341 e. The Hall–Kier alpha value is -3.16. The molecule has 1 N–H and O–H groups in total. The molecule has 0 aliphatic heterocycles. The first-order valence-electron chi connectivity index (χ1n) is 11.0. The fourth-order valence-corrected chi connectivity index (χ4v) is 5.76. The molecule has 1 unspecified atom stereocenters. The van der Waals surface area contributed by atoms with Crippen LogP contribution in [-0.4, -0.2) is 37.5 Å². The summed E-state index contributed by atoms with van der Waals surface area (Å²) >= 11 is 0. The van der Waals surface area contributed by atoms with Crippen LogP contribution in [0.1, 0.15) is 36.4 Å². The van der Waals surface area contributed by atoms with Crippen LogP contribution in [-0.2, 0) is 21.2 Å². The Bertz CT molecular complexity index is 1220. The third-order valence-electron chi connectivity index (χ3n) is 6.11. The van der Waals surface area contributed by atoms with Crippen molar-refractivity contribution in [2.24, 2.45) is 0 Å². The number of sulfonamides is 1. The van der Waals surface area contributed by atoms with Gasteiger partial charge in [0, 0.05) is 7.05 Å². The predicted octanol–water partition coefficient (Wildman–Crippen LogP) is 4.91. The third kappa shape index (κ3) is 4.94. The number of fused-ring (bicyclic) bond motifs is 1. The number of ether oxygens (including phenoxy) is 1. The molecule has 0 amide bonds. The number of nitrogens with zero attached hydrogens (tertiary/aromatic N) is 1. The molecule has 33 heavy (non-hydrogen) atoms. The molecule has 0 radical (unpaired) electrons. The molecule has 172 valence electrons. The first-order chi connectivity index (χ1) is 15.9. The molecule has 0 aromatic heterocycles. The Morgan fingerprint density at radius 2 is 1.67 bits per heavy atom. The van der Waals surface area contributed by atoms with E-state index in [0.29, 0.717) is 12.2 Å². The second-order valence-electron chi connectivity index (χ2n) is 8.18. The van der Waals surface area contributed by atoms with Gasteiger partial charge < -0.3 is 9.84 Å². The molecule has 3 aromatic carbocycles. The van der Waals surface area contributed by atoms with Crippen LogP contribution >= 0.6 is 0 Å². The zero-order chi connectivity index (χ0) is 23.4. The molecule has 3 aromatic rings. The zero-order valence-electron chi connectivity index (χ0n) is 18.5. The minimum Gasteiger partial charge on any atom is -0.482 e. The van der Waals surface area contributed by atoms with Crippen LogP contribution in [0.5, 0.6) is 5.75 Å². The topological polar surface area (TPSA) is 83.9 Å². The number of carboxylic acid groups (broad SMARTS) is 1. The molecule has 0 heterocycles. The monoisotopic (exact) mass is 465 g/mol. The van der Waals surface area contributed by atoms with Crippen LogP contribution in [0.4, 0.5) is 0 Å². The average molecular weight is 466 g/mol. The molecule has 1 aliphatic carbocycles. The van der Waals surface area contributed by atoms with E-state index in [9.17, 15) is 13.2 Å². The van der Waals surface area contributed by atoms with Gasteiger partial charge in [0.05, 0.1) is 10.9 Å². The Labute approximate surface area is 194 Å². The van der Waals surface area contributed by atoms with Crippen molar-refractivity contribution in [2.75, 3.05) is 13.7 Å². The highest BCUT2D eigenvalue weighted by Gasteiger charge is 2.32. The van der Waals surface area contributed by atoms with Crippen molar-refractivity contribution in [3.8, 4) is 16.9 Å². The quantitative estimate of drug-likeness (QED) is 0.502. The summed E-state index contributed by atoms with van der Waals surface area (Å²) < 4.78 is 34.0. The molecule has 0 saturated heterocycles. The summed E-state index contributed by atoms with van der Waals surface area (Å²) in [5.74, 6) is -0.531. The number of hydrogen-bond acceptors (Lipinski definition) is 4. The van der Waals surface area contributed by atoms with E-state index in [2.05, 4.69) is 0 Å². The van der Waals surface area contributed by atoms with Crippen molar-refractivity contribution in [3.63, 3.8) is 0 Å². The highest BCUT2D eigenvalue weighted by molar-refractivity contribution is 7.89. The van der Waals surface area contributed by atoms with E-state index in [1.807, 2.05) is 48.5 Å². The fraction of sp³-hybridized carbons (Fsp3) is 0.269. The average Bonchev–Trinajstić information content (AvgIpc) is 3.05. The summed E-state index contributed by atoms with van der Waals surface area (Å²) in [5, 5.41) is 8.99. The molecule has 0 spiro atoms. The zero-order valence-corrected chi connectivity index (χ0v) is 19.3. The molecule has 0 fully saturated rings. The van der Waals surface area contributed by atoms with E-state index in [0.717, 1.165) is 41.5 Å². The third-order valence-corrected chi connectivity index (χ3v) is 7.99. The molecule has 1 aliphatic rings. The van der Waals surface area contributed by atoms with Gasteiger partial charge in [-0.05, 0) is 59.7 Å². The molecule has 1 atom stereocenters. The van der Waals surface area contributed by atoms with E-state index in [1.165, 1.54) is 4.31 Å². The number of carboxylic acids is 1. The minimum atomic E-state index is -3.74. The number of carbonyl (C=O) groups is 1. The molecule has 4 rings (SSSR count). The van der Waals surface area contributed by atoms with Crippen molar-refractivity contribution in [3.05, 3.63) is 83.9 Å². The lowest BCUT2D eigenvalue weighted by atomic mass is 9.98. The fourth-order valence-electron chi connectivity index (χ4n) is 4.39. The number of aliphatic carboxylic acids is 1. The van der Waals surface area contributed by atoms with E-state index in [4.69, 9.17) is 9.84 Å². The highest BCUT2D eigenvalue weighted by Crippen LogP contribution is 2.39. The SMILES string of the molecule is CN(C1CCCCc2c(OCC(=O)O)cccc21)S(=O)(=O)c1ccc(-c2ccccc2)cc1. The van der Waals surface area contributed by atoms with Gasteiger partial charge in [-0.3, -0.25) is 0 Å². The molecule has 6 nitrogen and oxygen atoms in total. The van der Waals surface area contributed by atoms with Gasteiger partial charge in [-0.2, -0.15) is 4.31 Å². The minimum absolute atomic E-state index is 0.244. The van der Waals surface area contributed by atoms with E-state index in [1.54, 1.807) is 31.3 Å². The number of benzene rings is 3. The van der Waals surface area contributed by atoms with Crippen LogP contribution in [0.2, 0.25) is 0 Å². The lowest BCUT2D eigenvalue weighted by Gasteiger charge is -2.28. The van der Waals surface area contributed by atoms with Gasteiger partial charge in [-0.1, -0.05) is 61.0 Å². The second-order valence-corrected chi connectivity index (χ2v) is 10.2. The van der Waals surface area contributed by atoms with E-state index < -0.39 is 22.6 Å². The largest absolute Gasteiger partial charge is 0.482 e. The summed E-state index contributed by atoms with van der Waals surface area (Å²) in [5.41, 5.74) is 3.75. The van der Waals surface area contributed by atoms with Gasteiger partial charge in [0.25, 0.3) is 0 Å².